The highest BCUT2D eigenvalue weighted by atomic mass is 35.5. The Morgan fingerprint density at radius 1 is 1.15 bits per heavy atom. The van der Waals surface area contributed by atoms with Crippen LogP contribution in [0.3, 0.4) is 0 Å². The first-order valence-electron chi connectivity index (χ1n) is 5.34. The maximum atomic E-state index is 11.9. The van der Waals surface area contributed by atoms with Gasteiger partial charge in [-0.3, -0.25) is 4.79 Å². The number of phenolic OH excluding ortho intramolecular Hbond substituents is 1. The average Bonchev–Trinajstić information content (AvgIpc) is 2.41. The molecule has 7 nitrogen and oxygen atoms in total. The van der Waals surface area contributed by atoms with Gasteiger partial charge in [0.1, 0.15) is 5.75 Å². The third-order valence-electron chi connectivity index (χ3n) is 2.35. The summed E-state index contributed by atoms with van der Waals surface area (Å²) in [4.78, 5) is 22.9. The zero-order valence-corrected chi connectivity index (χ0v) is 10.6. The van der Waals surface area contributed by atoms with Gasteiger partial charge in [-0.2, -0.15) is 0 Å². The van der Waals surface area contributed by atoms with Gasteiger partial charge >= 0.3 is 5.97 Å². The Balaban J connectivity index is 2.28. The van der Waals surface area contributed by atoms with E-state index in [1.165, 1.54) is 24.3 Å². The van der Waals surface area contributed by atoms with Gasteiger partial charge in [0.15, 0.2) is 10.8 Å². The highest BCUT2D eigenvalue weighted by Crippen LogP contribution is 2.21. The minimum Gasteiger partial charge on any atom is -0.508 e. The van der Waals surface area contributed by atoms with Gasteiger partial charge in [0.25, 0.3) is 5.91 Å². The molecular weight excluding hydrogens is 286 g/mol. The van der Waals surface area contributed by atoms with E-state index in [-0.39, 0.29) is 27.8 Å². The zero-order chi connectivity index (χ0) is 14.7. The van der Waals surface area contributed by atoms with Gasteiger partial charge in [0, 0.05) is 0 Å². The number of carbonyl (C=O) groups excluding carboxylic acids is 1. The highest BCUT2D eigenvalue weighted by Gasteiger charge is 2.15. The van der Waals surface area contributed by atoms with E-state index in [1.54, 1.807) is 0 Å². The normalized spacial score (nSPS) is 10.1. The Morgan fingerprint density at radius 3 is 2.50 bits per heavy atom. The molecule has 1 heterocycles. The van der Waals surface area contributed by atoms with Crippen LogP contribution in [0.4, 0.5) is 5.69 Å². The molecular formula is C12H8ClN3O4. The van der Waals surface area contributed by atoms with E-state index < -0.39 is 11.9 Å². The number of anilines is 1. The third-order valence-corrected chi connectivity index (χ3v) is 2.55. The molecule has 2 rings (SSSR count). The molecule has 0 atom stereocenters. The van der Waals surface area contributed by atoms with E-state index in [0.717, 1.165) is 6.07 Å². The molecule has 3 N–H and O–H groups in total. The monoisotopic (exact) mass is 293 g/mol. The smallest absolute Gasteiger partial charge is 0.337 e. The Labute approximate surface area is 117 Å². The topological polar surface area (TPSA) is 112 Å². The molecule has 0 fully saturated rings. The molecule has 20 heavy (non-hydrogen) atoms. The van der Waals surface area contributed by atoms with Crippen molar-refractivity contribution >= 4 is 29.2 Å². The van der Waals surface area contributed by atoms with E-state index in [1.807, 2.05) is 0 Å². The van der Waals surface area contributed by atoms with E-state index in [2.05, 4.69) is 15.5 Å². The van der Waals surface area contributed by atoms with Crippen molar-refractivity contribution in [1.29, 1.82) is 0 Å². The Morgan fingerprint density at radius 2 is 1.90 bits per heavy atom. The summed E-state index contributed by atoms with van der Waals surface area (Å²) in [5, 5.41) is 27.9. The fourth-order valence-corrected chi connectivity index (χ4v) is 1.54. The van der Waals surface area contributed by atoms with Crippen LogP contribution in [0.25, 0.3) is 0 Å². The lowest BCUT2D eigenvalue weighted by atomic mass is 10.1. The summed E-state index contributed by atoms with van der Waals surface area (Å²) >= 11 is 5.55. The predicted octanol–water partition coefficient (Wildman–Crippen LogP) is 1.79. The molecule has 0 saturated carbocycles. The van der Waals surface area contributed by atoms with Crippen LogP contribution in [0.5, 0.6) is 5.75 Å². The Hall–Kier alpha value is -2.67. The molecule has 0 aliphatic rings. The standard InChI is InChI=1S/C12H8ClN3O4/c13-10-4-3-9(15-16-10)11(18)14-8-2-1-6(17)5-7(8)12(19)20/h1-5,17H,(H,14,18)(H,19,20). The van der Waals surface area contributed by atoms with Crippen LogP contribution in [0.1, 0.15) is 20.8 Å². The first-order valence-corrected chi connectivity index (χ1v) is 5.72. The summed E-state index contributed by atoms with van der Waals surface area (Å²) in [6, 6.07) is 6.31. The lowest BCUT2D eigenvalue weighted by Crippen LogP contribution is -2.16. The van der Waals surface area contributed by atoms with Gasteiger partial charge in [0.2, 0.25) is 0 Å². The number of aromatic carboxylic acids is 1. The van der Waals surface area contributed by atoms with E-state index in [0.29, 0.717) is 0 Å². The average molecular weight is 294 g/mol. The van der Waals surface area contributed by atoms with Crippen molar-refractivity contribution in [1.82, 2.24) is 10.2 Å². The molecule has 2 aromatic rings. The number of benzene rings is 1. The van der Waals surface area contributed by atoms with Crippen molar-refractivity contribution in [2.24, 2.45) is 0 Å². The lowest BCUT2D eigenvalue weighted by Gasteiger charge is -2.08. The minimum absolute atomic E-state index is 0.0150. The lowest BCUT2D eigenvalue weighted by molar-refractivity contribution is 0.0697. The van der Waals surface area contributed by atoms with Gasteiger partial charge in [-0.05, 0) is 30.3 Å². The van der Waals surface area contributed by atoms with Crippen LogP contribution in [0.15, 0.2) is 30.3 Å². The van der Waals surface area contributed by atoms with Crippen molar-refractivity contribution in [2.75, 3.05) is 5.32 Å². The highest BCUT2D eigenvalue weighted by molar-refractivity contribution is 6.29. The summed E-state index contributed by atoms with van der Waals surface area (Å²) in [6.45, 7) is 0. The molecule has 102 valence electrons. The van der Waals surface area contributed by atoms with Gasteiger partial charge < -0.3 is 15.5 Å². The molecule has 0 aliphatic carbocycles. The van der Waals surface area contributed by atoms with Gasteiger partial charge in [-0.1, -0.05) is 11.6 Å². The SMILES string of the molecule is O=C(Nc1ccc(O)cc1C(=O)O)c1ccc(Cl)nn1. The number of rotatable bonds is 3. The summed E-state index contributed by atoms with van der Waals surface area (Å²) < 4.78 is 0. The second-order valence-electron chi connectivity index (χ2n) is 3.73. The van der Waals surface area contributed by atoms with Crippen LogP contribution < -0.4 is 5.32 Å². The number of carboxylic acid groups (broad SMARTS) is 1. The number of phenols is 1. The van der Waals surface area contributed by atoms with Crippen LogP contribution in [0, 0.1) is 0 Å². The maximum absolute atomic E-state index is 11.9. The zero-order valence-electron chi connectivity index (χ0n) is 9.87. The summed E-state index contributed by atoms with van der Waals surface area (Å²) in [7, 11) is 0. The molecule has 0 unspecified atom stereocenters. The molecule has 0 aliphatic heterocycles. The molecule has 1 aromatic heterocycles. The van der Waals surface area contributed by atoms with E-state index in [9.17, 15) is 14.7 Å². The number of amides is 1. The molecule has 0 saturated heterocycles. The molecule has 0 bridgehead atoms. The molecule has 1 amide bonds. The summed E-state index contributed by atoms with van der Waals surface area (Å²) in [6.07, 6.45) is 0. The number of aromatic nitrogens is 2. The Bertz CT molecular complexity index is 673. The number of halogens is 1. The van der Waals surface area contributed by atoms with Crippen molar-refractivity contribution in [3.63, 3.8) is 0 Å². The summed E-state index contributed by atoms with van der Waals surface area (Å²) in [5.41, 5.74) is -0.212. The maximum Gasteiger partial charge on any atom is 0.337 e. The van der Waals surface area contributed by atoms with E-state index >= 15 is 0 Å². The van der Waals surface area contributed by atoms with Crippen LogP contribution in [-0.4, -0.2) is 32.3 Å². The second kappa shape index (κ2) is 5.54. The van der Waals surface area contributed by atoms with Gasteiger partial charge in [-0.15, -0.1) is 10.2 Å². The Kier molecular flexibility index (Phi) is 3.81. The van der Waals surface area contributed by atoms with Crippen molar-refractivity contribution < 1.29 is 19.8 Å². The quantitative estimate of drug-likeness (QED) is 0.744. The molecule has 0 spiro atoms. The van der Waals surface area contributed by atoms with Crippen molar-refractivity contribution in [3.8, 4) is 5.75 Å². The third kappa shape index (κ3) is 3.01. The van der Waals surface area contributed by atoms with Crippen LogP contribution in [-0.2, 0) is 0 Å². The number of hydrogen-bond acceptors (Lipinski definition) is 5. The fourth-order valence-electron chi connectivity index (χ4n) is 1.44. The molecule has 8 heteroatoms. The first-order chi connectivity index (χ1) is 9.47. The van der Waals surface area contributed by atoms with Gasteiger partial charge in [0.05, 0.1) is 11.3 Å². The number of nitrogens with one attached hydrogen (secondary N) is 1. The number of aromatic hydroxyl groups is 1. The van der Waals surface area contributed by atoms with E-state index in [4.69, 9.17) is 16.7 Å². The number of nitrogens with zero attached hydrogens (tertiary/aromatic N) is 2. The fraction of sp³-hybridized carbons (Fsp3) is 0. The first kappa shape index (κ1) is 13.8. The number of carboxylic acids is 1. The second-order valence-corrected chi connectivity index (χ2v) is 4.12. The number of carbonyl (C=O) groups is 2. The van der Waals surface area contributed by atoms with Crippen molar-refractivity contribution in [3.05, 3.63) is 46.7 Å². The number of hydrogen-bond donors (Lipinski definition) is 3. The van der Waals surface area contributed by atoms with Gasteiger partial charge in [-0.25, -0.2) is 4.79 Å². The summed E-state index contributed by atoms with van der Waals surface area (Å²) in [5.74, 6) is -2.13. The van der Waals surface area contributed by atoms with Crippen molar-refractivity contribution in [2.45, 2.75) is 0 Å². The van der Waals surface area contributed by atoms with Crippen LogP contribution in [0.2, 0.25) is 5.15 Å². The van der Waals surface area contributed by atoms with Crippen LogP contribution >= 0.6 is 11.6 Å². The minimum atomic E-state index is -1.28. The molecule has 1 aromatic carbocycles. The predicted molar refractivity (Wildman–Crippen MR) is 70.1 cm³/mol. The largest absolute Gasteiger partial charge is 0.508 e. The molecule has 0 radical (unpaired) electrons.